The number of hydrogen-bond acceptors (Lipinski definition) is 2. The lowest BCUT2D eigenvalue weighted by Crippen LogP contribution is -2.22. The van der Waals surface area contributed by atoms with Crippen molar-refractivity contribution >= 4 is 27.5 Å². The summed E-state index contributed by atoms with van der Waals surface area (Å²) in [4.78, 5) is 0. The molecule has 0 saturated heterocycles. The fourth-order valence-corrected chi connectivity index (χ4v) is 3.33. The van der Waals surface area contributed by atoms with E-state index in [1.807, 2.05) is 18.2 Å². The monoisotopic (exact) mass is 367 g/mol. The fourth-order valence-electron chi connectivity index (χ4n) is 2.34. The maximum Gasteiger partial charge on any atom is 0.137 e. The average molecular weight is 369 g/mol. The molecule has 2 nitrogen and oxygen atoms in total. The lowest BCUT2D eigenvalue weighted by molar-refractivity contribution is 0.414. The van der Waals surface area contributed by atoms with Crippen molar-refractivity contribution in [2.24, 2.45) is 0 Å². The van der Waals surface area contributed by atoms with E-state index >= 15 is 0 Å². The quantitative estimate of drug-likeness (QED) is 0.791. The Bertz CT molecular complexity index is 630. The van der Waals surface area contributed by atoms with E-state index < -0.39 is 0 Å². The van der Waals surface area contributed by atoms with E-state index in [4.69, 9.17) is 16.3 Å². The fraction of sp³-hybridized carbons (Fsp3) is 0.294. The third kappa shape index (κ3) is 3.79. The van der Waals surface area contributed by atoms with Gasteiger partial charge < -0.3 is 10.1 Å². The summed E-state index contributed by atoms with van der Waals surface area (Å²) < 4.78 is 6.32. The highest BCUT2D eigenvalue weighted by molar-refractivity contribution is 9.10. The van der Waals surface area contributed by atoms with Crippen LogP contribution in [0.3, 0.4) is 0 Å². The van der Waals surface area contributed by atoms with Gasteiger partial charge in [-0.15, -0.1) is 0 Å². The van der Waals surface area contributed by atoms with Gasteiger partial charge in [-0.2, -0.15) is 0 Å². The van der Waals surface area contributed by atoms with Crippen LogP contribution in [0.5, 0.6) is 5.75 Å². The highest BCUT2D eigenvalue weighted by Crippen LogP contribution is 2.33. The maximum atomic E-state index is 6.26. The summed E-state index contributed by atoms with van der Waals surface area (Å²) >= 11 is 9.93. The molecule has 112 valence electrons. The molecule has 0 aliphatic rings. The standard InChI is InChI=1S/C17H19BrClNO/c1-4-20-17(13-7-5-11(2)9-14(13)18)12-6-8-16(21-3)15(19)10-12/h5-10,17,20H,4H2,1-3H3. The summed E-state index contributed by atoms with van der Waals surface area (Å²) in [5, 5.41) is 4.14. The lowest BCUT2D eigenvalue weighted by atomic mass is 9.97. The molecule has 4 heteroatoms. The Morgan fingerprint density at radius 3 is 2.57 bits per heavy atom. The van der Waals surface area contributed by atoms with E-state index in [-0.39, 0.29) is 6.04 Å². The highest BCUT2D eigenvalue weighted by atomic mass is 79.9. The third-order valence-electron chi connectivity index (χ3n) is 3.38. The normalized spacial score (nSPS) is 12.2. The van der Waals surface area contributed by atoms with Crippen LogP contribution in [0, 0.1) is 6.92 Å². The summed E-state index contributed by atoms with van der Waals surface area (Å²) in [5.41, 5.74) is 3.55. The largest absolute Gasteiger partial charge is 0.495 e. The number of benzene rings is 2. The second kappa shape index (κ2) is 7.30. The Kier molecular flexibility index (Phi) is 5.68. The number of methoxy groups -OCH3 is 1. The van der Waals surface area contributed by atoms with Gasteiger partial charge in [0, 0.05) is 4.47 Å². The van der Waals surface area contributed by atoms with Crippen LogP contribution in [0.25, 0.3) is 0 Å². The zero-order chi connectivity index (χ0) is 15.4. The summed E-state index contributed by atoms with van der Waals surface area (Å²) in [5.74, 6) is 0.693. The first-order chi connectivity index (χ1) is 10.1. The first-order valence-electron chi connectivity index (χ1n) is 6.89. The predicted molar refractivity (Wildman–Crippen MR) is 92.4 cm³/mol. The molecule has 1 unspecified atom stereocenters. The van der Waals surface area contributed by atoms with Crippen molar-refractivity contribution in [3.8, 4) is 5.75 Å². The number of ether oxygens (including phenoxy) is 1. The number of hydrogen-bond donors (Lipinski definition) is 1. The van der Waals surface area contributed by atoms with E-state index in [1.165, 1.54) is 11.1 Å². The van der Waals surface area contributed by atoms with E-state index in [1.54, 1.807) is 7.11 Å². The van der Waals surface area contributed by atoms with E-state index in [9.17, 15) is 0 Å². The molecule has 0 aromatic heterocycles. The van der Waals surface area contributed by atoms with Gasteiger partial charge in [-0.25, -0.2) is 0 Å². The summed E-state index contributed by atoms with van der Waals surface area (Å²) in [6, 6.07) is 12.4. The van der Waals surface area contributed by atoms with Crippen LogP contribution < -0.4 is 10.1 Å². The smallest absolute Gasteiger partial charge is 0.137 e. The highest BCUT2D eigenvalue weighted by Gasteiger charge is 2.17. The molecule has 0 heterocycles. The van der Waals surface area contributed by atoms with Crippen LogP contribution in [0.1, 0.15) is 29.7 Å². The molecule has 0 radical (unpaired) electrons. The van der Waals surface area contributed by atoms with E-state index in [0.29, 0.717) is 10.8 Å². The van der Waals surface area contributed by atoms with Gasteiger partial charge in [0.1, 0.15) is 5.75 Å². The van der Waals surface area contributed by atoms with Crippen LogP contribution >= 0.6 is 27.5 Å². The number of nitrogens with one attached hydrogen (secondary N) is 1. The topological polar surface area (TPSA) is 21.3 Å². The molecule has 0 spiro atoms. The first kappa shape index (κ1) is 16.3. The summed E-state index contributed by atoms with van der Waals surface area (Å²) in [7, 11) is 1.62. The molecule has 0 aliphatic carbocycles. The molecule has 21 heavy (non-hydrogen) atoms. The van der Waals surface area contributed by atoms with Gasteiger partial charge >= 0.3 is 0 Å². The van der Waals surface area contributed by atoms with Crippen LogP contribution in [0.15, 0.2) is 40.9 Å². The Morgan fingerprint density at radius 2 is 2.00 bits per heavy atom. The SMILES string of the molecule is CCNC(c1ccc(OC)c(Cl)c1)c1ccc(C)cc1Br. The number of halogens is 2. The molecule has 2 aromatic carbocycles. The van der Waals surface area contributed by atoms with Crippen molar-refractivity contribution in [3.63, 3.8) is 0 Å². The second-order valence-electron chi connectivity index (χ2n) is 4.91. The minimum atomic E-state index is 0.0911. The van der Waals surface area contributed by atoms with Crippen LogP contribution in [-0.4, -0.2) is 13.7 Å². The molecule has 0 aliphatic heterocycles. The molecular formula is C17H19BrClNO. The van der Waals surface area contributed by atoms with Crippen molar-refractivity contribution in [1.29, 1.82) is 0 Å². The van der Waals surface area contributed by atoms with Gasteiger partial charge in [0.05, 0.1) is 18.2 Å². The van der Waals surface area contributed by atoms with Crippen LogP contribution in [0.2, 0.25) is 5.02 Å². The molecule has 2 rings (SSSR count). The van der Waals surface area contributed by atoms with E-state index in [2.05, 4.69) is 53.3 Å². The molecule has 1 atom stereocenters. The second-order valence-corrected chi connectivity index (χ2v) is 6.17. The minimum absolute atomic E-state index is 0.0911. The van der Waals surface area contributed by atoms with Gasteiger partial charge in [-0.05, 0) is 48.4 Å². The van der Waals surface area contributed by atoms with Gasteiger partial charge in [0.25, 0.3) is 0 Å². The van der Waals surface area contributed by atoms with Crippen LogP contribution in [0.4, 0.5) is 0 Å². The number of rotatable bonds is 5. The van der Waals surface area contributed by atoms with Crippen molar-refractivity contribution in [3.05, 3.63) is 62.6 Å². The Balaban J connectivity index is 2.45. The molecule has 0 fully saturated rings. The lowest BCUT2D eigenvalue weighted by Gasteiger charge is -2.21. The molecule has 2 aromatic rings. The van der Waals surface area contributed by atoms with Gasteiger partial charge in [-0.1, -0.05) is 52.7 Å². The van der Waals surface area contributed by atoms with Gasteiger partial charge in [-0.3, -0.25) is 0 Å². The zero-order valence-electron chi connectivity index (χ0n) is 12.4. The zero-order valence-corrected chi connectivity index (χ0v) is 14.8. The van der Waals surface area contributed by atoms with Crippen LogP contribution in [-0.2, 0) is 0 Å². The average Bonchev–Trinajstić information content (AvgIpc) is 2.45. The Morgan fingerprint density at radius 1 is 1.24 bits per heavy atom. The summed E-state index contributed by atoms with van der Waals surface area (Å²) in [6.45, 7) is 5.05. The molecule has 0 saturated carbocycles. The van der Waals surface area contributed by atoms with Crippen molar-refractivity contribution < 1.29 is 4.74 Å². The third-order valence-corrected chi connectivity index (χ3v) is 4.37. The van der Waals surface area contributed by atoms with Gasteiger partial charge in [0.2, 0.25) is 0 Å². The minimum Gasteiger partial charge on any atom is -0.495 e. The first-order valence-corrected chi connectivity index (χ1v) is 8.06. The predicted octanol–water partition coefficient (Wildman–Crippen LogP) is 5.12. The van der Waals surface area contributed by atoms with Crippen molar-refractivity contribution in [1.82, 2.24) is 5.32 Å². The molecule has 0 bridgehead atoms. The Labute approximate surface area is 139 Å². The van der Waals surface area contributed by atoms with Gasteiger partial charge in [0.15, 0.2) is 0 Å². The Hall–Kier alpha value is -1.03. The molecule has 0 amide bonds. The maximum absolute atomic E-state index is 6.26. The number of aryl methyl sites for hydroxylation is 1. The van der Waals surface area contributed by atoms with Crippen molar-refractivity contribution in [2.45, 2.75) is 19.9 Å². The molecular weight excluding hydrogens is 350 g/mol. The molecule has 1 N–H and O–H groups in total. The van der Waals surface area contributed by atoms with Crippen molar-refractivity contribution in [2.75, 3.05) is 13.7 Å². The van der Waals surface area contributed by atoms with E-state index in [0.717, 1.165) is 16.6 Å². The summed E-state index contributed by atoms with van der Waals surface area (Å²) in [6.07, 6.45) is 0.